The number of nitrogens with two attached hydrogens (primary N) is 1. The maximum absolute atomic E-state index is 10.8. The van der Waals surface area contributed by atoms with E-state index in [1.165, 1.54) is 18.6 Å². The second kappa shape index (κ2) is 3.69. The van der Waals surface area contributed by atoms with Gasteiger partial charge in [0.15, 0.2) is 0 Å². The zero-order chi connectivity index (χ0) is 9.90. The van der Waals surface area contributed by atoms with Crippen LogP contribution in [0.25, 0.3) is 0 Å². The summed E-state index contributed by atoms with van der Waals surface area (Å²) in [5.74, 6) is 0.349. The van der Waals surface area contributed by atoms with Crippen LogP contribution in [0.3, 0.4) is 0 Å². The van der Waals surface area contributed by atoms with Crippen LogP contribution < -0.4 is 5.73 Å². The normalized spacial score (nSPS) is 11.5. The fourth-order valence-corrected chi connectivity index (χ4v) is 1.42. The first-order valence-corrected chi connectivity index (χ1v) is 5.78. The first-order valence-electron chi connectivity index (χ1n) is 3.72. The molecule has 5 nitrogen and oxygen atoms in total. The van der Waals surface area contributed by atoms with Crippen LogP contribution in [0.5, 0.6) is 0 Å². The van der Waals surface area contributed by atoms with Gasteiger partial charge in [-0.15, -0.1) is 0 Å². The largest absolute Gasteiger partial charge is 0.382 e. The molecule has 0 amide bonds. The Morgan fingerprint density at radius 2 is 2.00 bits per heavy atom. The lowest BCUT2D eigenvalue weighted by Gasteiger charge is -2.01. The maximum atomic E-state index is 10.8. The first kappa shape index (κ1) is 9.91. The Hall–Kier alpha value is -1.17. The van der Waals surface area contributed by atoms with E-state index >= 15 is 0 Å². The Morgan fingerprint density at radius 1 is 1.38 bits per heavy atom. The van der Waals surface area contributed by atoms with Gasteiger partial charge in [-0.1, -0.05) is 0 Å². The predicted molar refractivity (Wildman–Crippen MR) is 49.9 cm³/mol. The summed E-state index contributed by atoms with van der Waals surface area (Å²) < 4.78 is 21.7. The van der Waals surface area contributed by atoms with Gasteiger partial charge in [-0.3, -0.25) is 4.98 Å². The topological polar surface area (TPSA) is 85.9 Å². The Morgan fingerprint density at radius 3 is 2.54 bits per heavy atom. The fraction of sp³-hybridized carbons (Fsp3) is 0.429. The van der Waals surface area contributed by atoms with Crippen molar-refractivity contribution in [2.75, 3.05) is 17.7 Å². The van der Waals surface area contributed by atoms with Crippen LogP contribution in [0.15, 0.2) is 12.4 Å². The summed E-state index contributed by atoms with van der Waals surface area (Å²) in [5.41, 5.74) is 6.02. The highest BCUT2D eigenvalue weighted by molar-refractivity contribution is 7.90. The Kier molecular flexibility index (Phi) is 2.82. The number of nitrogens with zero attached hydrogens (tertiary/aromatic N) is 2. The molecule has 72 valence electrons. The van der Waals surface area contributed by atoms with E-state index in [-0.39, 0.29) is 5.75 Å². The van der Waals surface area contributed by atoms with Gasteiger partial charge in [0.1, 0.15) is 15.7 Å². The molecule has 1 aromatic heterocycles. The molecule has 0 aliphatic carbocycles. The van der Waals surface area contributed by atoms with Gasteiger partial charge in [0.25, 0.3) is 0 Å². The highest BCUT2D eigenvalue weighted by Crippen LogP contribution is 2.04. The molecular formula is C7H11N3O2S. The molecule has 0 unspecified atom stereocenters. The van der Waals surface area contributed by atoms with Crippen molar-refractivity contribution in [1.82, 2.24) is 9.97 Å². The molecule has 0 bridgehead atoms. The summed E-state index contributed by atoms with van der Waals surface area (Å²) in [6, 6.07) is 0. The second-order valence-corrected chi connectivity index (χ2v) is 5.03. The monoisotopic (exact) mass is 201 g/mol. The maximum Gasteiger partial charge on any atom is 0.147 e. The lowest BCUT2D eigenvalue weighted by molar-refractivity contribution is 0.601. The highest BCUT2D eigenvalue weighted by atomic mass is 32.2. The number of rotatable bonds is 3. The van der Waals surface area contributed by atoms with Crippen molar-refractivity contribution in [2.24, 2.45) is 0 Å². The molecule has 1 rings (SSSR count). The zero-order valence-corrected chi connectivity index (χ0v) is 8.08. The molecule has 2 N–H and O–H groups in total. The minimum Gasteiger partial charge on any atom is -0.382 e. The van der Waals surface area contributed by atoms with Crippen LogP contribution in [-0.2, 0) is 16.3 Å². The van der Waals surface area contributed by atoms with Gasteiger partial charge in [0.2, 0.25) is 0 Å². The molecule has 0 aliphatic rings. The van der Waals surface area contributed by atoms with Crippen molar-refractivity contribution in [3.63, 3.8) is 0 Å². The van der Waals surface area contributed by atoms with Gasteiger partial charge in [0.05, 0.1) is 11.4 Å². The van der Waals surface area contributed by atoms with Crippen LogP contribution in [0.4, 0.5) is 5.82 Å². The van der Waals surface area contributed by atoms with Gasteiger partial charge in [-0.2, -0.15) is 0 Å². The minimum atomic E-state index is -2.96. The number of anilines is 1. The summed E-state index contributed by atoms with van der Waals surface area (Å²) >= 11 is 0. The summed E-state index contributed by atoms with van der Waals surface area (Å²) in [5, 5.41) is 0. The molecule has 0 aromatic carbocycles. The van der Waals surface area contributed by atoms with Crippen LogP contribution in [-0.4, -0.2) is 30.4 Å². The van der Waals surface area contributed by atoms with Crippen LogP contribution >= 0.6 is 0 Å². The van der Waals surface area contributed by atoms with Crippen LogP contribution in [0, 0.1) is 0 Å². The molecule has 0 spiro atoms. The van der Waals surface area contributed by atoms with Crippen molar-refractivity contribution in [2.45, 2.75) is 6.42 Å². The van der Waals surface area contributed by atoms with Crippen LogP contribution in [0.1, 0.15) is 5.69 Å². The molecule has 0 saturated heterocycles. The van der Waals surface area contributed by atoms with Gasteiger partial charge < -0.3 is 5.73 Å². The predicted octanol–water partition coefficient (Wildman–Crippen LogP) is -0.354. The van der Waals surface area contributed by atoms with E-state index in [2.05, 4.69) is 9.97 Å². The summed E-state index contributed by atoms with van der Waals surface area (Å²) in [6.07, 6.45) is 4.46. The molecular weight excluding hydrogens is 190 g/mol. The van der Waals surface area contributed by atoms with Crippen molar-refractivity contribution in [3.05, 3.63) is 18.1 Å². The first-order chi connectivity index (χ1) is 5.99. The van der Waals surface area contributed by atoms with Crippen molar-refractivity contribution < 1.29 is 8.42 Å². The third-order valence-electron chi connectivity index (χ3n) is 1.52. The quantitative estimate of drug-likeness (QED) is 0.722. The van der Waals surface area contributed by atoms with Crippen molar-refractivity contribution >= 4 is 15.7 Å². The number of nitrogen functional groups attached to an aromatic ring is 1. The number of aryl methyl sites for hydroxylation is 1. The molecule has 1 aromatic rings. The molecule has 13 heavy (non-hydrogen) atoms. The molecule has 6 heteroatoms. The van der Waals surface area contributed by atoms with E-state index in [0.717, 1.165) is 0 Å². The summed E-state index contributed by atoms with van der Waals surface area (Å²) in [6.45, 7) is 0. The SMILES string of the molecule is CS(=O)(=O)CCc1nccnc1N. The van der Waals surface area contributed by atoms with E-state index in [1.807, 2.05) is 0 Å². The Labute approximate surface area is 76.9 Å². The summed E-state index contributed by atoms with van der Waals surface area (Å²) in [7, 11) is -2.96. The van der Waals surface area contributed by atoms with E-state index in [0.29, 0.717) is 17.9 Å². The van der Waals surface area contributed by atoms with E-state index < -0.39 is 9.84 Å². The number of aromatic nitrogens is 2. The van der Waals surface area contributed by atoms with Gasteiger partial charge in [-0.25, -0.2) is 13.4 Å². The number of hydrogen-bond donors (Lipinski definition) is 1. The highest BCUT2D eigenvalue weighted by Gasteiger charge is 2.06. The van der Waals surface area contributed by atoms with Gasteiger partial charge >= 0.3 is 0 Å². The zero-order valence-electron chi connectivity index (χ0n) is 7.27. The standard InChI is InChI=1S/C7H11N3O2S/c1-13(11,12)5-2-6-7(8)10-4-3-9-6/h3-4H,2,5H2,1H3,(H2,8,10). The van der Waals surface area contributed by atoms with E-state index in [1.54, 1.807) is 0 Å². The second-order valence-electron chi connectivity index (χ2n) is 2.77. The van der Waals surface area contributed by atoms with Crippen molar-refractivity contribution in [3.8, 4) is 0 Å². The van der Waals surface area contributed by atoms with Crippen LogP contribution in [0.2, 0.25) is 0 Å². The Bertz CT molecular complexity index is 388. The average Bonchev–Trinajstić information content (AvgIpc) is 2.01. The van der Waals surface area contributed by atoms with Crippen molar-refractivity contribution in [1.29, 1.82) is 0 Å². The molecule has 1 heterocycles. The number of hydrogen-bond acceptors (Lipinski definition) is 5. The van der Waals surface area contributed by atoms with E-state index in [9.17, 15) is 8.42 Å². The average molecular weight is 201 g/mol. The summed E-state index contributed by atoms with van der Waals surface area (Å²) in [4.78, 5) is 7.73. The van der Waals surface area contributed by atoms with Gasteiger partial charge in [-0.05, 0) is 0 Å². The van der Waals surface area contributed by atoms with E-state index in [4.69, 9.17) is 5.73 Å². The molecule has 0 radical (unpaired) electrons. The smallest absolute Gasteiger partial charge is 0.147 e. The lowest BCUT2D eigenvalue weighted by atomic mass is 10.3. The number of sulfone groups is 1. The Balaban J connectivity index is 2.71. The van der Waals surface area contributed by atoms with Gasteiger partial charge in [0, 0.05) is 25.1 Å². The third kappa shape index (κ3) is 3.37. The molecule has 0 fully saturated rings. The molecule has 0 saturated carbocycles. The lowest BCUT2D eigenvalue weighted by Crippen LogP contribution is -2.09. The minimum absolute atomic E-state index is 0.0515. The fourth-order valence-electron chi connectivity index (χ4n) is 0.852. The third-order valence-corrected chi connectivity index (χ3v) is 2.46. The molecule has 0 atom stereocenters. The molecule has 0 aliphatic heterocycles.